The number of benzene rings is 1. The highest BCUT2D eigenvalue weighted by molar-refractivity contribution is 6.32. The van der Waals surface area contributed by atoms with E-state index in [4.69, 9.17) is 7.85 Å². The lowest BCUT2D eigenvalue weighted by molar-refractivity contribution is 0.475. The molecule has 0 aliphatic carbocycles. The molecule has 0 fully saturated rings. The van der Waals surface area contributed by atoms with Gasteiger partial charge in [-0.05, 0) is 12.1 Å². The van der Waals surface area contributed by atoms with Crippen molar-refractivity contribution in [2.45, 2.75) is 0 Å². The summed E-state index contributed by atoms with van der Waals surface area (Å²) < 4.78 is 0. The Hall–Kier alpha value is -1.77. The molecule has 66 valence electrons. The van der Waals surface area contributed by atoms with Crippen LogP contribution in [0.4, 0.5) is 0 Å². The van der Waals surface area contributed by atoms with Gasteiger partial charge in [-0.25, -0.2) is 0 Å². The van der Waals surface area contributed by atoms with Crippen molar-refractivity contribution in [1.29, 1.82) is 0 Å². The number of aromatic nitrogens is 1. The molecule has 2 nitrogen and oxygen atoms in total. The minimum Gasteiger partial charge on any atom is -0.506 e. The molecule has 0 atom stereocenters. The molecule has 0 bridgehead atoms. The summed E-state index contributed by atoms with van der Waals surface area (Å²) >= 11 is 0. The SMILES string of the molecule is [B]c1ccc(-c2ncccc2O)cc1. The maximum absolute atomic E-state index is 9.54. The van der Waals surface area contributed by atoms with Gasteiger partial charge in [0.1, 0.15) is 19.3 Å². The molecule has 2 aromatic rings. The number of nitrogens with zero attached hydrogens (tertiary/aromatic N) is 1. The average Bonchev–Trinajstić information content (AvgIpc) is 2.20. The van der Waals surface area contributed by atoms with Gasteiger partial charge in [0.05, 0.1) is 0 Å². The fraction of sp³-hybridized carbons (Fsp3) is 0. The number of pyridine rings is 1. The van der Waals surface area contributed by atoms with Gasteiger partial charge in [0.2, 0.25) is 0 Å². The molecular weight excluding hydrogens is 173 g/mol. The van der Waals surface area contributed by atoms with Crippen molar-refractivity contribution < 1.29 is 5.11 Å². The van der Waals surface area contributed by atoms with Crippen molar-refractivity contribution >= 4 is 13.3 Å². The molecule has 0 saturated carbocycles. The summed E-state index contributed by atoms with van der Waals surface area (Å²) in [6, 6.07) is 10.5. The standard InChI is InChI=1S/C11H8BNO/c12-9-5-3-8(4-6-9)11-10(14)2-1-7-13-11/h1-7,14H. The van der Waals surface area contributed by atoms with Crippen LogP contribution in [-0.2, 0) is 0 Å². The van der Waals surface area contributed by atoms with Crippen molar-refractivity contribution in [3.8, 4) is 17.0 Å². The van der Waals surface area contributed by atoms with E-state index in [2.05, 4.69) is 4.98 Å². The van der Waals surface area contributed by atoms with Crippen LogP contribution in [0, 0.1) is 0 Å². The zero-order valence-corrected chi connectivity index (χ0v) is 7.51. The van der Waals surface area contributed by atoms with Crippen LogP contribution in [-0.4, -0.2) is 17.9 Å². The van der Waals surface area contributed by atoms with Gasteiger partial charge in [0, 0.05) is 11.8 Å². The summed E-state index contributed by atoms with van der Waals surface area (Å²) in [6.07, 6.45) is 1.64. The lowest BCUT2D eigenvalue weighted by Crippen LogP contribution is -1.99. The zero-order valence-electron chi connectivity index (χ0n) is 7.51. The Kier molecular flexibility index (Phi) is 2.23. The van der Waals surface area contributed by atoms with Crippen LogP contribution >= 0.6 is 0 Å². The summed E-state index contributed by atoms with van der Waals surface area (Å²) in [6.45, 7) is 0. The number of rotatable bonds is 1. The minimum atomic E-state index is 0.178. The number of aromatic hydroxyl groups is 1. The van der Waals surface area contributed by atoms with Gasteiger partial charge in [-0.15, -0.1) is 0 Å². The Balaban J connectivity index is 2.50. The van der Waals surface area contributed by atoms with Crippen LogP contribution in [0.5, 0.6) is 5.75 Å². The predicted molar refractivity (Wildman–Crippen MR) is 56.7 cm³/mol. The molecule has 2 radical (unpaired) electrons. The monoisotopic (exact) mass is 181 g/mol. The van der Waals surface area contributed by atoms with Crippen LogP contribution < -0.4 is 5.46 Å². The maximum atomic E-state index is 9.54. The Morgan fingerprint density at radius 1 is 1.07 bits per heavy atom. The van der Waals surface area contributed by atoms with Crippen LogP contribution in [0.1, 0.15) is 0 Å². The summed E-state index contributed by atoms with van der Waals surface area (Å²) in [7, 11) is 5.56. The molecule has 1 N–H and O–H groups in total. The van der Waals surface area contributed by atoms with E-state index in [1.807, 2.05) is 12.1 Å². The van der Waals surface area contributed by atoms with E-state index in [1.165, 1.54) is 0 Å². The third-order valence-electron chi connectivity index (χ3n) is 1.97. The lowest BCUT2D eigenvalue weighted by Gasteiger charge is -2.03. The molecular formula is C11H8BNO. The number of hydrogen-bond donors (Lipinski definition) is 1. The van der Waals surface area contributed by atoms with Crippen molar-refractivity contribution in [3.05, 3.63) is 42.6 Å². The first-order chi connectivity index (χ1) is 6.77. The molecule has 0 aliphatic heterocycles. The normalized spacial score (nSPS) is 10.0. The Labute approximate surface area is 83.7 Å². The van der Waals surface area contributed by atoms with Crippen molar-refractivity contribution in [1.82, 2.24) is 4.98 Å². The van der Waals surface area contributed by atoms with E-state index in [0.29, 0.717) is 11.2 Å². The van der Waals surface area contributed by atoms with Crippen molar-refractivity contribution in [2.24, 2.45) is 0 Å². The third-order valence-corrected chi connectivity index (χ3v) is 1.97. The lowest BCUT2D eigenvalue weighted by atomic mass is 9.94. The topological polar surface area (TPSA) is 33.1 Å². The predicted octanol–water partition coefficient (Wildman–Crippen LogP) is 1.25. The third kappa shape index (κ3) is 1.62. The summed E-state index contributed by atoms with van der Waals surface area (Å²) in [5.41, 5.74) is 2.13. The molecule has 1 heterocycles. The molecule has 1 aromatic heterocycles. The second kappa shape index (κ2) is 3.54. The smallest absolute Gasteiger partial charge is 0.141 e. The first kappa shape index (κ1) is 8.82. The van der Waals surface area contributed by atoms with E-state index in [9.17, 15) is 5.11 Å². The first-order valence-corrected chi connectivity index (χ1v) is 4.27. The summed E-state index contributed by atoms with van der Waals surface area (Å²) in [5.74, 6) is 0.178. The highest BCUT2D eigenvalue weighted by atomic mass is 16.3. The van der Waals surface area contributed by atoms with E-state index in [-0.39, 0.29) is 5.75 Å². The zero-order chi connectivity index (χ0) is 9.97. The fourth-order valence-corrected chi connectivity index (χ4v) is 1.26. The summed E-state index contributed by atoms with van der Waals surface area (Å²) in [4.78, 5) is 4.09. The van der Waals surface area contributed by atoms with Gasteiger partial charge < -0.3 is 5.11 Å². The van der Waals surface area contributed by atoms with Gasteiger partial charge >= 0.3 is 0 Å². The Morgan fingerprint density at radius 2 is 1.79 bits per heavy atom. The summed E-state index contributed by atoms with van der Waals surface area (Å²) in [5, 5.41) is 9.54. The second-order valence-electron chi connectivity index (χ2n) is 2.99. The first-order valence-electron chi connectivity index (χ1n) is 4.27. The molecule has 1 aromatic carbocycles. The van der Waals surface area contributed by atoms with Gasteiger partial charge in [-0.2, -0.15) is 0 Å². The van der Waals surface area contributed by atoms with Crippen LogP contribution in [0.3, 0.4) is 0 Å². The van der Waals surface area contributed by atoms with Gasteiger partial charge in [-0.1, -0.05) is 29.7 Å². The van der Waals surface area contributed by atoms with Gasteiger partial charge in [0.25, 0.3) is 0 Å². The molecule has 3 heteroatoms. The van der Waals surface area contributed by atoms with Gasteiger partial charge in [0.15, 0.2) is 0 Å². The highest BCUT2D eigenvalue weighted by Crippen LogP contribution is 2.24. The molecule has 2 rings (SSSR count). The minimum absolute atomic E-state index is 0.178. The highest BCUT2D eigenvalue weighted by Gasteiger charge is 2.03. The fourth-order valence-electron chi connectivity index (χ4n) is 1.26. The Morgan fingerprint density at radius 3 is 2.43 bits per heavy atom. The van der Waals surface area contributed by atoms with Crippen molar-refractivity contribution in [2.75, 3.05) is 0 Å². The molecule has 0 spiro atoms. The maximum Gasteiger partial charge on any atom is 0.141 e. The quantitative estimate of drug-likeness (QED) is 0.671. The molecule has 0 amide bonds. The molecule has 0 unspecified atom stereocenters. The number of hydrogen-bond acceptors (Lipinski definition) is 2. The molecule has 0 aliphatic rings. The van der Waals surface area contributed by atoms with E-state index >= 15 is 0 Å². The van der Waals surface area contributed by atoms with Crippen LogP contribution in [0.25, 0.3) is 11.3 Å². The average molecular weight is 181 g/mol. The molecule has 0 saturated heterocycles. The van der Waals surface area contributed by atoms with Gasteiger partial charge in [-0.3, -0.25) is 4.98 Å². The van der Waals surface area contributed by atoms with Crippen LogP contribution in [0.15, 0.2) is 42.6 Å². The van der Waals surface area contributed by atoms with E-state index in [0.717, 1.165) is 5.56 Å². The van der Waals surface area contributed by atoms with Crippen molar-refractivity contribution in [3.63, 3.8) is 0 Å². The van der Waals surface area contributed by atoms with E-state index < -0.39 is 0 Å². The van der Waals surface area contributed by atoms with E-state index in [1.54, 1.807) is 30.5 Å². The van der Waals surface area contributed by atoms with Crippen LogP contribution in [0.2, 0.25) is 0 Å². The Bertz CT molecular complexity index is 439. The largest absolute Gasteiger partial charge is 0.506 e. The second-order valence-corrected chi connectivity index (χ2v) is 2.99. The molecule has 14 heavy (non-hydrogen) atoms.